The first-order valence-corrected chi connectivity index (χ1v) is 6.72. The highest BCUT2D eigenvalue weighted by molar-refractivity contribution is 7.53. The molecule has 102 valence electrons. The topological polar surface area (TPSA) is 74.3 Å². The van der Waals surface area contributed by atoms with Gasteiger partial charge in [-0.15, -0.1) is 0 Å². The second-order valence-corrected chi connectivity index (χ2v) is 5.62. The Hall–Kier alpha value is -0.460. The van der Waals surface area contributed by atoms with Crippen molar-refractivity contribution in [3.63, 3.8) is 0 Å². The Morgan fingerprint density at radius 1 is 1.06 bits per heavy atom. The normalized spacial score (nSPS) is 11.5. The predicted molar refractivity (Wildman–Crippen MR) is 61.7 cm³/mol. The van der Waals surface area contributed by atoms with Gasteiger partial charge in [0.1, 0.15) is 13.5 Å². The maximum absolute atomic E-state index is 11.7. The third-order valence-corrected chi connectivity index (χ3v) is 3.96. The summed E-state index contributed by atoms with van der Waals surface area (Å²) in [6, 6.07) is 0. The van der Waals surface area contributed by atoms with Gasteiger partial charge in [-0.1, -0.05) is 0 Å². The van der Waals surface area contributed by atoms with Crippen LogP contribution in [0.3, 0.4) is 0 Å². The van der Waals surface area contributed by atoms with Crippen molar-refractivity contribution in [3.05, 3.63) is 0 Å². The molecule has 0 N–H and O–H groups in total. The second-order valence-electron chi connectivity index (χ2n) is 3.22. The van der Waals surface area contributed by atoms with Crippen LogP contribution in [0.4, 0.5) is 0 Å². The lowest BCUT2D eigenvalue weighted by molar-refractivity contribution is -0.141. The van der Waals surface area contributed by atoms with E-state index in [1.807, 2.05) is 0 Å². The summed E-state index contributed by atoms with van der Waals surface area (Å²) in [6.07, 6.45) is 0.0778. The summed E-state index contributed by atoms with van der Waals surface area (Å²) in [5.74, 6) is -0.233. The van der Waals surface area contributed by atoms with Gasteiger partial charge < -0.3 is 18.5 Å². The van der Waals surface area contributed by atoms with Gasteiger partial charge in [0.25, 0.3) is 0 Å². The second kappa shape index (κ2) is 8.60. The molecule has 0 heterocycles. The maximum atomic E-state index is 11.7. The molecule has 0 fully saturated rings. The molecule has 0 atom stereocenters. The molecule has 0 aromatic heterocycles. The fraction of sp³-hybridized carbons (Fsp3) is 0.889. The molecule has 0 aliphatic heterocycles. The number of amides is 1. The van der Waals surface area contributed by atoms with Crippen LogP contribution in [0.15, 0.2) is 0 Å². The quantitative estimate of drug-likeness (QED) is 0.457. The molecule has 7 nitrogen and oxygen atoms in total. The lowest BCUT2D eigenvalue weighted by Crippen LogP contribution is -2.34. The van der Waals surface area contributed by atoms with Crippen LogP contribution in [0.25, 0.3) is 0 Å². The van der Waals surface area contributed by atoms with Crippen LogP contribution in [-0.2, 0) is 27.9 Å². The van der Waals surface area contributed by atoms with Crippen LogP contribution in [0.1, 0.15) is 6.42 Å². The van der Waals surface area contributed by atoms with Crippen LogP contribution in [-0.4, -0.2) is 58.9 Å². The highest BCUT2D eigenvalue weighted by Crippen LogP contribution is 2.46. The molecule has 0 aliphatic carbocycles. The zero-order valence-electron chi connectivity index (χ0n) is 10.7. The number of carbonyl (C=O) groups excluding carboxylic acids is 1. The molecule has 0 rings (SSSR count). The molecule has 0 spiro atoms. The summed E-state index contributed by atoms with van der Waals surface area (Å²) in [7, 11) is 2.39. The van der Waals surface area contributed by atoms with E-state index >= 15 is 0 Å². The van der Waals surface area contributed by atoms with E-state index in [9.17, 15) is 9.36 Å². The van der Waals surface area contributed by atoms with Crippen molar-refractivity contribution < 1.29 is 27.9 Å². The Morgan fingerprint density at radius 2 is 1.53 bits per heavy atom. The van der Waals surface area contributed by atoms with Crippen molar-refractivity contribution in [1.29, 1.82) is 0 Å². The smallest absolute Gasteiger partial charge is 0.330 e. The number of nitrogens with zero attached hydrogens (tertiary/aromatic N) is 1. The van der Waals surface area contributed by atoms with Crippen molar-refractivity contribution >= 4 is 13.5 Å². The third kappa shape index (κ3) is 6.14. The summed E-state index contributed by atoms with van der Waals surface area (Å²) in [6.45, 7) is 0.244. The van der Waals surface area contributed by atoms with Gasteiger partial charge in [-0.05, 0) is 0 Å². The Balaban J connectivity index is 4.26. The van der Waals surface area contributed by atoms with E-state index in [2.05, 4.69) is 0 Å². The average molecular weight is 269 g/mol. The average Bonchev–Trinajstić information content (AvgIpc) is 2.35. The van der Waals surface area contributed by atoms with Crippen LogP contribution in [0, 0.1) is 0 Å². The molecule has 0 aromatic rings. The summed E-state index contributed by atoms with van der Waals surface area (Å²) in [5, 5.41) is 0. The summed E-state index contributed by atoms with van der Waals surface area (Å²) in [5.41, 5.74) is 0. The molecule has 0 unspecified atom stereocenters. The minimum absolute atomic E-state index is 0.0305. The fourth-order valence-corrected chi connectivity index (χ4v) is 2.12. The van der Waals surface area contributed by atoms with Gasteiger partial charge in [0.05, 0.1) is 6.16 Å². The van der Waals surface area contributed by atoms with Gasteiger partial charge in [-0.25, -0.2) is 0 Å². The van der Waals surface area contributed by atoms with Crippen LogP contribution < -0.4 is 0 Å². The van der Waals surface area contributed by atoms with Crippen molar-refractivity contribution in [2.24, 2.45) is 0 Å². The summed E-state index contributed by atoms with van der Waals surface area (Å²) < 4.78 is 30.9. The van der Waals surface area contributed by atoms with E-state index in [4.69, 9.17) is 18.5 Å². The lowest BCUT2D eigenvalue weighted by Gasteiger charge is -2.21. The number of rotatable bonds is 9. The van der Waals surface area contributed by atoms with Gasteiger partial charge in [0.2, 0.25) is 5.91 Å². The van der Waals surface area contributed by atoms with Crippen molar-refractivity contribution in [2.75, 3.05) is 48.1 Å². The molecule has 0 aromatic carbocycles. The minimum atomic E-state index is -3.14. The van der Waals surface area contributed by atoms with Crippen LogP contribution in [0.2, 0.25) is 0 Å². The first-order chi connectivity index (χ1) is 8.02. The molecule has 8 heteroatoms. The Kier molecular flexibility index (Phi) is 8.37. The minimum Gasteiger partial charge on any atom is -0.364 e. The lowest BCUT2D eigenvalue weighted by atomic mass is 10.4. The van der Waals surface area contributed by atoms with Crippen LogP contribution in [0.5, 0.6) is 0 Å². The standard InChI is InChI=1S/C9H20NO6P/c1-13-7-10(8-14-2)9(11)5-6-17(12,15-3)16-4/h5-8H2,1-4H3. The first kappa shape index (κ1) is 16.5. The maximum Gasteiger partial charge on any atom is 0.330 e. The van der Waals surface area contributed by atoms with E-state index in [-0.39, 0.29) is 32.0 Å². The largest absolute Gasteiger partial charge is 0.364 e. The van der Waals surface area contributed by atoms with Crippen LogP contribution >= 0.6 is 7.60 Å². The van der Waals surface area contributed by atoms with E-state index < -0.39 is 7.60 Å². The zero-order valence-corrected chi connectivity index (χ0v) is 11.6. The van der Waals surface area contributed by atoms with Crippen molar-refractivity contribution in [1.82, 2.24) is 4.90 Å². The number of carbonyl (C=O) groups is 1. The third-order valence-electron chi connectivity index (χ3n) is 2.08. The molecular formula is C9H20NO6P. The van der Waals surface area contributed by atoms with E-state index in [0.717, 1.165) is 0 Å². The molecule has 17 heavy (non-hydrogen) atoms. The van der Waals surface area contributed by atoms with Gasteiger partial charge in [-0.2, -0.15) is 0 Å². The Morgan fingerprint density at radius 3 is 1.88 bits per heavy atom. The fourth-order valence-electron chi connectivity index (χ4n) is 1.14. The van der Waals surface area contributed by atoms with Crippen molar-refractivity contribution in [2.45, 2.75) is 6.42 Å². The summed E-state index contributed by atoms with van der Waals surface area (Å²) in [4.78, 5) is 13.1. The molecule has 0 saturated carbocycles. The number of methoxy groups -OCH3 is 2. The number of hydrogen-bond acceptors (Lipinski definition) is 6. The van der Waals surface area contributed by atoms with Gasteiger partial charge >= 0.3 is 7.60 Å². The first-order valence-electron chi connectivity index (χ1n) is 4.99. The summed E-state index contributed by atoms with van der Waals surface area (Å²) >= 11 is 0. The highest BCUT2D eigenvalue weighted by atomic mass is 31.2. The zero-order chi connectivity index (χ0) is 13.3. The monoisotopic (exact) mass is 269 g/mol. The Bertz CT molecular complexity index is 258. The van der Waals surface area contributed by atoms with Gasteiger partial charge in [0.15, 0.2) is 0 Å². The highest BCUT2D eigenvalue weighted by Gasteiger charge is 2.24. The van der Waals surface area contributed by atoms with E-state index in [1.165, 1.54) is 33.3 Å². The molecule has 1 amide bonds. The number of hydrogen-bond donors (Lipinski definition) is 0. The van der Waals surface area contributed by atoms with Crippen molar-refractivity contribution in [3.8, 4) is 0 Å². The molecule has 0 radical (unpaired) electrons. The van der Waals surface area contributed by atoms with Gasteiger partial charge in [0, 0.05) is 34.9 Å². The van der Waals surface area contributed by atoms with E-state index in [1.54, 1.807) is 0 Å². The molecule has 0 saturated heterocycles. The molecule has 0 aliphatic rings. The Labute approximate surface area is 101 Å². The predicted octanol–water partition coefficient (Wildman–Crippen LogP) is 0.899. The SMILES string of the molecule is COCN(COC)C(=O)CCP(=O)(OC)OC. The molecule has 0 bridgehead atoms. The van der Waals surface area contributed by atoms with Gasteiger partial charge in [-0.3, -0.25) is 14.3 Å². The number of ether oxygens (including phenoxy) is 2. The molecular weight excluding hydrogens is 249 g/mol. The van der Waals surface area contributed by atoms with E-state index in [0.29, 0.717) is 0 Å².